The highest BCUT2D eigenvalue weighted by molar-refractivity contribution is 5.92. The molecule has 2 aromatic carbocycles. The number of carbonyl (C=O) groups excluding carboxylic acids is 1. The second-order valence-electron chi connectivity index (χ2n) is 8.59. The minimum Gasteiger partial charge on any atom is -0.378 e. The number of amides is 1. The number of hydrogen-bond donors (Lipinski definition) is 3. The molecule has 1 saturated carbocycles. The van der Waals surface area contributed by atoms with Crippen LogP contribution in [0.4, 0.5) is 13.2 Å². The number of benzene rings is 2. The topological polar surface area (TPSA) is 66.2 Å². The van der Waals surface area contributed by atoms with E-state index in [-0.39, 0.29) is 35.1 Å². The van der Waals surface area contributed by atoms with E-state index in [4.69, 9.17) is 4.74 Å². The Labute approximate surface area is 183 Å². The summed E-state index contributed by atoms with van der Waals surface area (Å²) in [6.07, 6.45) is 1.57. The molecule has 3 aromatic rings. The third kappa shape index (κ3) is 4.00. The predicted octanol–water partition coefficient (Wildman–Crippen LogP) is 3.85. The zero-order chi connectivity index (χ0) is 22.2. The molecule has 1 aromatic heterocycles. The summed E-state index contributed by atoms with van der Waals surface area (Å²) in [7, 11) is 0. The number of hydrogen-bond acceptors (Lipinski definition) is 3. The molecule has 1 amide bonds. The molecular formula is C24H24F3N3O2. The number of nitrogens with one attached hydrogen (secondary N) is 3. The molecule has 5 nitrogen and oxygen atoms in total. The Hall–Kier alpha value is -2.84. The van der Waals surface area contributed by atoms with Gasteiger partial charge in [0.25, 0.3) is 0 Å². The van der Waals surface area contributed by atoms with Gasteiger partial charge in [-0.25, -0.2) is 13.2 Å². The molecule has 1 saturated heterocycles. The van der Waals surface area contributed by atoms with Crippen LogP contribution in [-0.2, 0) is 9.53 Å². The molecule has 32 heavy (non-hydrogen) atoms. The Kier molecular flexibility index (Phi) is 5.65. The lowest BCUT2D eigenvalue weighted by Crippen LogP contribution is -2.52. The van der Waals surface area contributed by atoms with Gasteiger partial charge in [-0.15, -0.1) is 0 Å². The van der Waals surface area contributed by atoms with Gasteiger partial charge in [0.05, 0.1) is 24.4 Å². The van der Waals surface area contributed by atoms with E-state index in [1.807, 2.05) is 0 Å². The Morgan fingerprint density at radius 1 is 1.09 bits per heavy atom. The van der Waals surface area contributed by atoms with Gasteiger partial charge in [-0.3, -0.25) is 4.79 Å². The standard InChI is InChI=1S/C24H24F3N3O2/c25-16-3-1-14(2-4-16)22-21(18-9-17(26)10-19(27)23(18)30-22)15-7-13(8-15)11-29-24(31)20-12-32-6-5-28-20/h1-4,9-10,13,15,20,28,30H,5-8,11-12H2,(H,29,31)/t13?,15?,20-/m1/s1. The second kappa shape index (κ2) is 8.60. The average Bonchev–Trinajstić information content (AvgIpc) is 3.13. The van der Waals surface area contributed by atoms with E-state index in [0.717, 1.165) is 30.0 Å². The number of aromatic amines is 1. The highest BCUT2D eigenvalue weighted by atomic mass is 19.1. The molecule has 2 heterocycles. The predicted molar refractivity (Wildman–Crippen MR) is 115 cm³/mol. The summed E-state index contributed by atoms with van der Waals surface area (Å²) in [6.45, 7) is 2.18. The van der Waals surface area contributed by atoms with Crippen molar-refractivity contribution in [1.82, 2.24) is 15.6 Å². The van der Waals surface area contributed by atoms with Gasteiger partial charge in [0, 0.05) is 24.5 Å². The van der Waals surface area contributed by atoms with Crippen molar-refractivity contribution in [2.24, 2.45) is 5.92 Å². The van der Waals surface area contributed by atoms with Crippen LogP contribution in [0.25, 0.3) is 22.2 Å². The van der Waals surface area contributed by atoms with E-state index in [1.54, 1.807) is 12.1 Å². The van der Waals surface area contributed by atoms with Gasteiger partial charge < -0.3 is 20.4 Å². The Bertz CT molecular complexity index is 1130. The lowest BCUT2D eigenvalue weighted by atomic mass is 9.70. The van der Waals surface area contributed by atoms with Crippen LogP contribution >= 0.6 is 0 Å². The number of carbonyl (C=O) groups is 1. The second-order valence-corrected chi connectivity index (χ2v) is 8.59. The largest absolute Gasteiger partial charge is 0.378 e. The number of aromatic nitrogens is 1. The van der Waals surface area contributed by atoms with Gasteiger partial charge in [0.1, 0.15) is 23.5 Å². The summed E-state index contributed by atoms with van der Waals surface area (Å²) in [5.41, 5.74) is 2.49. The minimum absolute atomic E-state index is 0.0728. The van der Waals surface area contributed by atoms with Gasteiger partial charge in [-0.1, -0.05) is 0 Å². The molecule has 0 spiro atoms. The number of fused-ring (bicyclic) bond motifs is 1. The number of H-pyrrole nitrogens is 1. The van der Waals surface area contributed by atoms with Crippen LogP contribution < -0.4 is 10.6 Å². The van der Waals surface area contributed by atoms with Crippen LogP contribution in [0.1, 0.15) is 24.3 Å². The quantitative estimate of drug-likeness (QED) is 0.561. The van der Waals surface area contributed by atoms with Crippen molar-refractivity contribution in [3.8, 4) is 11.3 Å². The molecule has 5 rings (SSSR count). The van der Waals surface area contributed by atoms with Crippen molar-refractivity contribution in [2.45, 2.75) is 24.8 Å². The fourth-order valence-electron chi connectivity index (χ4n) is 4.75. The molecular weight excluding hydrogens is 419 g/mol. The summed E-state index contributed by atoms with van der Waals surface area (Å²) in [4.78, 5) is 15.4. The third-order valence-electron chi connectivity index (χ3n) is 6.44. The SMILES string of the molecule is O=C(NCC1CC(c2c(-c3ccc(F)cc3)[nH]c3c(F)cc(F)cc23)C1)[C@H]1COCCN1. The van der Waals surface area contributed by atoms with E-state index >= 15 is 0 Å². The van der Waals surface area contributed by atoms with Gasteiger partial charge in [-0.2, -0.15) is 0 Å². The smallest absolute Gasteiger partial charge is 0.239 e. The monoisotopic (exact) mass is 443 g/mol. The molecule has 168 valence electrons. The fourth-order valence-corrected chi connectivity index (χ4v) is 4.75. The maximum absolute atomic E-state index is 14.5. The van der Waals surface area contributed by atoms with Crippen LogP contribution in [0, 0.1) is 23.4 Å². The van der Waals surface area contributed by atoms with E-state index < -0.39 is 11.6 Å². The summed E-state index contributed by atoms with van der Waals surface area (Å²) >= 11 is 0. The summed E-state index contributed by atoms with van der Waals surface area (Å²) in [5, 5.41) is 6.62. The van der Waals surface area contributed by atoms with Gasteiger partial charge in [0.2, 0.25) is 5.91 Å². The molecule has 0 radical (unpaired) electrons. The van der Waals surface area contributed by atoms with E-state index in [0.29, 0.717) is 37.4 Å². The van der Waals surface area contributed by atoms with Crippen molar-refractivity contribution in [3.63, 3.8) is 0 Å². The van der Waals surface area contributed by atoms with Gasteiger partial charge in [0.15, 0.2) is 0 Å². The van der Waals surface area contributed by atoms with Crippen molar-refractivity contribution < 1.29 is 22.7 Å². The van der Waals surface area contributed by atoms with Crippen molar-refractivity contribution >= 4 is 16.8 Å². The zero-order valence-corrected chi connectivity index (χ0v) is 17.4. The Balaban J connectivity index is 1.35. The number of ether oxygens (including phenoxy) is 1. The summed E-state index contributed by atoms with van der Waals surface area (Å²) < 4.78 is 47.3. The fraction of sp³-hybridized carbons (Fsp3) is 0.375. The van der Waals surface area contributed by atoms with Gasteiger partial charge in [-0.05, 0) is 66.1 Å². The zero-order valence-electron chi connectivity index (χ0n) is 17.4. The first-order valence-electron chi connectivity index (χ1n) is 10.8. The Morgan fingerprint density at radius 2 is 1.88 bits per heavy atom. The number of morpholine rings is 1. The lowest BCUT2D eigenvalue weighted by Gasteiger charge is -2.36. The molecule has 3 N–H and O–H groups in total. The Morgan fingerprint density at radius 3 is 2.59 bits per heavy atom. The highest BCUT2D eigenvalue weighted by Crippen LogP contribution is 2.48. The van der Waals surface area contributed by atoms with Crippen LogP contribution in [0.2, 0.25) is 0 Å². The van der Waals surface area contributed by atoms with Crippen molar-refractivity contribution in [3.05, 3.63) is 59.4 Å². The van der Waals surface area contributed by atoms with Gasteiger partial charge >= 0.3 is 0 Å². The van der Waals surface area contributed by atoms with E-state index in [2.05, 4.69) is 15.6 Å². The van der Waals surface area contributed by atoms with Crippen LogP contribution in [-0.4, -0.2) is 43.2 Å². The molecule has 2 aliphatic rings. The molecule has 1 atom stereocenters. The first-order chi connectivity index (χ1) is 15.5. The maximum Gasteiger partial charge on any atom is 0.239 e. The summed E-state index contributed by atoms with van der Waals surface area (Å²) in [6, 6.07) is 7.85. The molecule has 1 aliphatic carbocycles. The first-order valence-corrected chi connectivity index (χ1v) is 10.8. The highest BCUT2D eigenvalue weighted by Gasteiger charge is 2.35. The molecule has 0 unspecified atom stereocenters. The molecule has 0 bridgehead atoms. The molecule has 8 heteroatoms. The maximum atomic E-state index is 14.5. The lowest BCUT2D eigenvalue weighted by molar-refractivity contribution is -0.126. The van der Waals surface area contributed by atoms with E-state index in [9.17, 15) is 18.0 Å². The van der Waals surface area contributed by atoms with Crippen molar-refractivity contribution in [2.75, 3.05) is 26.3 Å². The van der Waals surface area contributed by atoms with Crippen LogP contribution in [0.3, 0.4) is 0 Å². The molecule has 2 fully saturated rings. The number of rotatable bonds is 5. The van der Waals surface area contributed by atoms with Crippen LogP contribution in [0.15, 0.2) is 36.4 Å². The third-order valence-corrected chi connectivity index (χ3v) is 6.44. The summed E-state index contributed by atoms with van der Waals surface area (Å²) in [5.74, 6) is -1.36. The number of halogens is 3. The normalized spacial score (nSPS) is 23.2. The van der Waals surface area contributed by atoms with E-state index in [1.165, 1.54) is 18.2 Å². The molecule has 1 aliphatic heterocycles. The average molecular weight is 443 g/mol. The first kappa shape index (κ1) is 21.0. The minimum atomic E-state index is -0.653. The van der Waals surface area contributed by atoms with Crippen LogP contribution in [0.5, 0.6) is 0 Å². The van der Waals surface area contributed by atoms with Crippen molar-refractivity contribution in [1.29, 1.82) is 0 Å².